The molecule has 0 saturated heterocycles. The second-order valence-electron chi connectivity index (χ2n) is 9.37. The quantitative estimate of drug-likeness (QED) is 0.292. The zero-order valence-corrected chi connectivity index (χ0v) is 22.2. The van der Waals surface area contributed by atoms with Crippen LogP contribution in [0.25, 0.3) is 0 Å². The first-order chi connectivity index (χ1) is 16.8. The Morgan fingerprint density at radius 1 is 1.11 bits per heavy atom. The number of unbranched alkanes of at least 4 members (excludes halogenated alkanes) is 1. The van der Waals surface area contributed by atoms with Crippen molar-refractivity contribution in [2.24, 2.45) is 14.1 Å². The van der Waals surface area contributed by atoms with Gasteiger partial charge in [0, 0.05) is 30.8 Å². The molecule has 0 spiro atoms. The monoisotopic (exact) mass is 487 g/mol. The number of hydrogen-bond donors (Lipinski definition) is 0. The summed E-state index contributed by atoms with van der Waals surface area (Å²) in [5.74, 6) is 6.80. The van der Waals surface area contributed by atoms with Crippen LogP contribution in [0.2, 0.25) is 0 Å². The normalized spacial score (nSPS) is 13.5. The number of rotatable bonds is 7. The van der Waals surface area contributed by atoms with Crippen molar-refractivity contribution in [3.8, 4) is 11.8 Å². The zero-order valence-electron chi connectivity index (χ0n) is 21.4. The van der Waals surface area contributed by atoms with Crippen molar-refractivity contribution in [3.05, 3.63) is 70.5 Å². The van der Waals surface area contributed by atoms with Gasteiger partial charge in [-0.25, -0.2) is 8.42 Å². The van der Waals surface area contributed by atoms with Crippen molar-refractivity contribution < 1.29 is 13.0 Å². The van der Waals surface area contributed by atoms with Gasteiger partial charge in [0.15, 0.2) is 0 Å². The average molecular weight is 487 g/mol. The molecule has 5 nitrogen and oxygen atoms in total. The van der Waals surface area contributed by atoms with E-state index in [9.17, 15) is 8.42 Å². The minimum Gasteiger partial charge on any atom is -0.280 e. The van der Waals surface area contributed by atoms with Crippen molar-refractivity contribution in [1.29, 1.82) is 0 Å². The highest BCUT2D eigenvalue weighted by Crippen LogP contribution is 2.32. The van der Waals surface area contributed by atoms with Gasteiger partial charge in [-0.15, -0.1) is 7.28 Å². The molecule has 0 amide bonds. The van der Waals surface area contributed by atoms with E-state index >= 15 is 0 Å². The van der Waals surface area contributed by atoms with E-state index in [4.69, 9.17) is 0 Å². The first kappa shape index (κ1) is 25.3. The molecule has 2 radical (unpaired) electrons. The summed E-state index contributed by atoms with van der Waals surface area (Å²) in [4.78, 5) is 0.339. The van der Waals surface area contributed by atoms with Gasteiger partial charge in [-0.3, -0.25) is 14.6 Å². The number of hydrogen-bond acceptors (Lipinski definition) is 2. The Morgan fingerprint density at radius 2 is 1.86 bits per heavy atom. The summed E-state index contributed by atoms with van der Waals surface area (Å²) in [6, 6.07) is 9.29. The van der Waals surface area contributed by atoms with Gasteiger partial charge in [0.25, 0.3) is 0 Å². The summed E-state index contributed by atoms with van der Waals surface area (Å²) in [6.07, 6.45) is 7.79. The van der Waals surface area contributed by atoms with Crippen LogP contribution in [0.1, 0.15) is 60.9 Å². The highest BCUT2D eigenvalue weighted by atomic mass is 32.2. The van der Waals surface area contributed by atoms with Crippen LogP contribution in [-0.4, -0.2) is 24.6 Å². The summed E-state index contributed by atoms with van der Waals surface area (Å²) in [7, 11) is 2.68. The van der Waals surface area contributed by atoms with Crippen LogP contribution >= 0.6 is 0 Å². The molecule has 0 aliphatic carbocycles. The lowest BCUT2D eigenvalue weighted by atomic mass is 9.64. The Labute approximate surface area is 211 Å². The molecule has 3 aromatic rings. The van der Waals surface area contributed by atoms with Gasteiger partial charge in [0.1, 0.15) is 12.4 Å². The molecule has 1 aromatic heterocycles. The van der Waals surface area contributed by atoms with Crippen LogP contribution < -0.4 is 15.8 Å². The Balaban J connectivity index is 1.81. The number of nitrogens with zero attached hydrogens (tertiary/aromatic N) is 3. The number of benzene rings is 2. The largest absolute Gasteiger partial charge is 0.280 e. The maximum Gasteiger partial charge on any atom is 0.243 e. The van der Waals surface area contributed by atoms with Gasteiger partial charge in [-0.1, -0.05) is 61.4 Å². The SMILES string of the molecule is CCCC#Cc1c(CCC)c([B-]c2n(C)cc[n+]2C)cc2c1CN(S(=O)(=O)c1ccc(C)cc1)C2. The summed E-state index contributed by atoms with van der Waals surface area (Å²) < 4.78 is 32.8. The molecule has 0 saturated carbocycles. The molecule has 0 bridgehead atoms. The van der Waals surface area contributed by atoms with E-state index in [2.05, 4.69) is 48.2 Å². The summed E-state index contributed by atoms with van der Waals surface area (Å²) >= 11 is 0. The third-order valence-electron chi connectivity index (χ3n) is 6.62. The first-order valence-electron chi connectivity index (χ1n) is 12.3. The van der Waals surface area contributed by atoms with Crippen LogP contribution in [0.3, 0.4) is 0 Å². The third-order valence-corrected chi connectivity index (χ3v) is 8.42. The van der Waals surface area contributed by atoms with Gasteiger partial charge < -0.3 is 0 Å². The lowest BCUT2D eigenvalue weighted by Gasteiger charge is -2.23. The average Bonchev–Trinajstić information content (AvgIpc) is 3.40. The van der Waals surface area contributed by atoms with Gasteiger partial charge in [-0.2, -0.15) is 4.31 Å². The van der Waals surface area contributed by atoms with Gasteiger partial charge in [0.2, 0.25) is 10.0 Å². The Kier molecular flexibility index (Phi) is 7.54. The predicted octanol–water partition coefficient (Wildman–Crippen LogP) is 2.62. The lowest BCUT2D eigenvalue weighted by molar-refractivity contribution is -0.652. The number of aromatic nitrogens is 2. The van der Waals surface area contributed by atoms with E-state index in [0.717, 1.165) is 59.1 Å². The molecular formula is C28H34BN3O2S. The number of aryl methyl sites for hydroxylation is 3. The molecule has 7 heteroatoms. The van der Waals surface area contributed by atoms with Crippen LogP contribution in [0, 0.1) is 18.8 Å². The first-order valence-corrected chi connectivity index (χ1v) is 13.8. The highest BCUT2D eigenvalue weighted by molar-refractivity contribution is 7.89. The van der Waals surface area contributed by atoms with Crippen LogP contribution in [0.4, 0.5) is 0 Å². The molecule has 4 rings (SSSR count). The van der Waals surface area contributed by atoms with Crippen molar-refractivity contribution >= 4 is 28.5 Å². The molecule has 1 aliphatic rings. The summed E-state index contributed by atoms with van der Waals surface area (Å²) in [5, 5.41) is 0. The van der Waals surface area contributed by atoms with E-state index < -0.39 is 10.0 Å². The molecule has 0 atom stereocenters. The van der Waals surface area contributed by atoms with E-state index in [1.54, 1.807) is 16.4 Å². The lowest BCUT2D eigenvalue weighted by Crippen LogP contribution is -2.53. The maximum atomic E-state index is 13.5. The van der Waals surface area contributed by atoms with Crippen LogP contribution in [0.5, 0.6) is 0 Å². The van der Waals surface area contributed by atoms with Crippen molar-refractivity contribution in [2.45, 2.75) is 64.4 Å². The summed E-state index contributed by atoms with van der Waals surface area (Å²) in [6.45, 7) is 6.99. The van der Waals surface area contributed by atoms with Gasteiger partial charge >= 0.3 is 0 Å². The molecule has 0 unspecified atom stereocenters. The van der Waals surface area contributed by atoms with Crippen LogP contribution in [0.15, 0.2) is 47.6 Å². The minimum atomic E-state index is -3.60. The van der Waals surface area contributed by atoms with E-state index in [0.29, 0.717) is 18.0 Å². The third kappa shape index (κ3) is 5.10. The smallest absolute Gasteiger partial charge is 0.243 e. The van der Waals surface area contributed by atoms with Gasteiger partial charge in [-0.05, 0) is 43.0 Å². The van der Waals surface area contributed by atoms with Crippen LogP contribution in [-0.2, 0) is 43.6 Å². The van der Waals surface area contributed by atoms with Crippen molar-refractivity contribution in [3.63, 3.8) is 0 Å². The zero-order chi connectivity index (χ0) is 25.2. The topological polar surface area (TPSA) is 46.2 Å². The van der Waals surface area contributed by atoms with Crippen molar-refractivity contribution in [1.82, 2.24) is 8.87 Å². The Hall–Kier alpha value is -2.82. The molecule has 182 valence electrons. The highest BCUT2D eigenvalue weighted by Gasteiger charge is 2.32. The van der Waals surface area contributed by atoms with Crippen molar-refractivity contribution in [2.75, 3.05) is 0 Å². The standard InChI is InChI=1S/C28H34BN3O2S/c1-6-8-9-11-24-25(10-7-2)27(29-28-30(4)16-17-31(28)5)18-22-19-32(20-26(22)24)35(33,34)23-14-12-21(3)13-15-23/h12-18H,6-8,10,19-20H2,1-5H3. The predicted molar refractivity (Wildman–Crippen MR) is 141 cm³/mol. The second-order valence-corrected chi connectivity index (χ2v) is 11.3. The molecule has 2 aromatic carbocycles. The van der Waals surface area contributed by atoms with Gasteiger partial charge in [0.05, 0.1) is 19.0 Å². The number of fused-ring (bicyclic) bond motifs is 1. The van der Waals surface area contributed by atoms with E-state index in [1.165, 1.54) is 5.56 Å². The maximum absolute atomic E-state index is 13.5. The molecule has 0 N–H and O–H groups in total. The fraction of sp³-hybridized carbons (Fsp3) is 0.393. The Morgan fingerprint density at radius 3 is 2.49 bits per heavy atom. The summed E-state index contributed by atoms with van der Waals surface area (Å²) in [5.41, 5.74) is 7.58. The second kappa shape index (κ2) is 10.4. The fourth-order valence-corrected chi connectivity index (χ4v) is 6.03. The molecular weight excluding hydrogens is 453 g/mol. The molecule has 35 heavy (non-hydrogen) atoms. The number of imidazole rings is 1. The minimum absolute atomic E-state index is 0.339. The molecule has 2 heterocycles. The fourth-order valence-electron chi connectivity index (χ4n) is 4.64. The van der Waals surface area contributed by atoms with E-state index in [-0.39, 0.29) is 0 Å². The van der Waals surface area contributed by atoms with E-state index in [1.807, 2.05) is 45.5 Å². The molecule has 1 aliphatic heterocycles. The Bertz CT molecular complexity index is 1380. The molecule has 0 fully saturated rings. The number of sulfonamides is 1.